The third-order valence-corrected chi connectivity index (χ3v) is 4.44. The van der Waals surface area contributed by atoms with Crippen molar-refractivity contribution in [2.24, 2.45) is 0 Å². The smallest absolute Gasteiger partial charge is 0.00163 e. The summed E-state index contributed by atoms with van der Waals surface area (Å²) in [5, 5.41) is 0. The van der Waals surface area contributed by atoms with Gasteiger partial charge in [-0.15, -0.1) is 0 Å². The van der Waals surface area contributed by atoms with Crippen LogP contribution in [0.4, 0.5) is 0 Å². The van der Waals surface area contributed by atoms with Gasteiger partial charge in [0, 0.05) is 0 Å². The van der Waals surface area contributed by atoms with Gasteiger partial charge in [0.15, 0.2) is 0 Å². The Hall–Kier alpha value is -0.820. The van der Waals surface area contributed by atoms with Crippen LogP contribution in [-0.4, -0.2) is 25.5 Å². The van der Waals surface area contributed by atoms with E-state index in [0.29, 0.717) is 5.41 Å². The SMILES string of the molecule is CCCCC(CCCC)(CCN(C)C)c1ccccc1. The molecule has 0 atom stereocenters. The van der Waals surface area contributed by atoms with Crippen LogP contribution in [-0.2, 0) is 5.41 Å². The molecule has 0 unspecified atom stereocenters. The Morgan fingerprint density at radius 2 is 1.40 bits per heavy atom. The number of nitrogens with zero attached hydrogens (tertiary/aromatic N) is 1. The van der Waals surface area contributed by atoms with Gasteiger partial charge in [-0.3, -0.25) is 0 Å². The second kappa shape index (κ2) is 9.18. The standard InChI is InChI=1S/C19H33N/c1-5-7-14-19(15-8-6-2,16-17-20(3)4)18-12-10-9-11-13-18/h9-13H,5-8,14-17H2,1-4H3. The molecule has 1 rings (SSSR count). The quantitative estimate of drug-likeness (QED) is 0.563. The molecule has 1 heteroatoms. The van der Waals surface area contributed by atoms with Gasteiger partial charge in [-0.1, -0.05) is 69.9 Å². The summed E-state index contributed by atoms with van der Waals surface area (Å²) in [5.74, 6) is 0. The monoisotopic (exact) mass is 275 g/mol. The van der Waals surface area contributed by atoms with Crippen molar-refractivity contribution in [1.29, 1.82) is 0 Å². The van der Waals surface area contributed by atoms with Crippen LogP contribution in [0.1, 0.15) is 64.4 Å². The van der Waals surface area contributed by atoms with Crippen molar-refractivity contribution >= 4 is 0 Å². The van der Waals surface area contributed by atoms with Crippen LogP contribution in [0.25, 0.3) is 0 Å². The third-order valence-electron chi connectivity index (χ3n) is 4.44. The number of unbranched alkanes of at least 4 members (excludes halogenated alkanes) is 2. The molecule has 0 aliphatic heterocycles. The van der Waals surface area contributed by atoms with Crippen LogP contribution in [0.15, 0.2) is 30.3 Å². The Morgan fingerprint density at radius 3 is 1.85 bits per heavy atom. The van der Waals surface area contributed by atoms with Gasteiger partial charge in [0.1, 0.15) is 0 Å². The highest BCUT2D eigenvalue weighted by Crippen LogP contribution is 2.38. The van der Waals surface area contributed by atoms with Gasteiger partial charge in [-0.2, -0.15) is 0 Å². The molecule has 20 heavy (non-hydrogen) atoms. The molecule has 0 saturated heterocycles. The molecular weight excluding hydrogens is 242 g/mol. The second-order valence-corrected chi connectivity index (χ2v) is 6.41. The van der Waals surface area contributed by atoms with Crippen molar-refractivity contribution in [2.75, 3.05) is 20.6 Å². The molecule has 0 saturated carbocycles. The molecule has 0 aromatic heterocycles. The van der Waals surface area contributed by atoms with Gasteiger partial charge in [-0.05, 0) is 50.9 Å². The number of hydrogen-bond acceptors (Lipinski definition) is 1. The highest BCUT2D eigenvalue weighted by atomic mass is 15.0. The zero-order chi connectivity index (χ0) is 14.8. The third kappa shape index (κ3) is 5.28. The summed E-state index contributed by atoms with van der Waals surface area (Å²) in [4.78, 5) is 2.33. The molecule has 0 bridgehead atoms. The van der Waals surface area contributed by atoms with Crippen molar-refractivity contribution in [3.8, 4) is 0 Å². The minimum Gasteiger partial charge on any atom is -0.309 e. The lowest BCUT2D eigenvalue weighted by molar-refractivity contribution is 0.271. The van der Waals surface area contributed by atoms with Crippen molar-refractivity contribution in [1.82, 2.24) is 4.90 Å². The molecule has 1 nitrogen and oxygen atoms in total. The van der Waals surface area contributed by atoms with Gasteiger partial charge >= 0.3 is 0 Å². The van der Waals surface area contributed by atoms with Gasteiger partial charge in [0.25, 0.3) is 0 Å². The molecular formula is C19H33N. The zero-order valence-corrected chi connectivity index (χ0v) is 14.0. The minimum atomic E-state index is 0.386. The first-order valence-corrected chi connectivity index (χ1v) is 8.35. The summed E-state index contributed by atoms with van der Waals surface area (Å²) in [6.45, 7) is 5.80. The maximum absolute atomic E-state index is 2.35. The largest absolute Gasteiger partial charge is 0.309 e. The molecule has 1 aromatic carbocycles. The summed E-state index contributed by atoms with van der Waals surface area (Å²) in [6.07, 6.45) is 9.22. The highest BCUT2D eigenvalue weighted by molar-refractivity contribution is 5.25. The van der Waals surface area contributed by atoms with Crippen molar-refractivity contribution in [3.05, 3.63) is 35.9 Å². The molecule has 0 aliphatic carbocycles. The van der Waals surface area contributed by atoms with Crippen LogP contribution in [0.2, 0.25) is 0 Å². The predicted molar refractivity (Wildman–Crippen MR) is 90.3 cm³/mol. The zero-order valence-electron chi connectivity index (χ0n) is 14.0. The molecule has 0 fully saturated rings. The molecule has 1 aromatic rings. The second-order valence-electron chi connectivity index (χ2n) is 6.41. The van der Waals surface area contributed by atoms with E-state index in [1.165, 1.54) is 51.5 Å². The van der Waals surface area contributed by atoms with E-state index < -0.39 is 0 Å². The minimum absolute atomic E-state index is 0.386. The van der Waals surface area contributed by atoms with E-state index in [0.717, 1.165) is 0 Å². The Morgan fingerprint density at radius 1 is 0.850 bits per heavy atom. The lowest BCUT2D eigenvalue weighted by Gasteiger charge is -2.36. The van der Waals surface area contributed by atoms with E-state index in [1.54, 1.807) is 5.56 Å². The lowest BCUT2D eigenvalue weighted by Crippen LogP contribution is -2.31. The first-order chi connectivity index (χ1) is 9.64. The molecule has 0 aliphatic rings. The van der Waals surface area contributed by atoms with E-state index in [1.807, 2.05) is 0 Å². The van der Waals surface area contributed by atoms with Crippen LogP contribution < -0.4 is 0 Å². The summed E-state index contributed by atoms with van der Waals surface area (Å²) in [6, 6.07) is 11.2. The molecule has 0 amide bonds. The molecule has 0 N–H and O–H groups in total. The maximum atomic E-state index is 2.35. The van der Waals surface area contributed by atoms with Crippen LogP contribution in [0, 0.1) is 0 Å². The lowest BCUT2D eigenvalue weighted by atomic mass is 9.70. The van der Waals surface area contributed by atoms with E-state index in [-0.39, 0.29) is 0 Å². The van der Waals surface area contributed by atoms with Crippen LogP contribution in [0.5, 0.6) is 0 Å². The Balaban J connectivity index is 2.97. The van der Waals surface area contributed by atoms with Crippen molar-refractivity contribution in [3.63, 3.8) is 0 Å². The van der Waals surface area contributed by atoms with E-state index in [4.69, 9.17) is 0 Å². The molecule has 0 heterocycles. The number of benzene rings is 1. The maximum Gasteiger partial charge on any atom is -0.00163 e. The fourth-order valence-corrected chi connectivity index (χ4v) is 3.07. The van der Waals surface area contributed by atoms with Gasteiger partial charge in [0.05, 0.1) is 0 Å². The fourth-order valence-electron chi connectivity index (χ4n) is 3.07. The highest BCUT2D eigenvalue weighted by Gasteiger charge is 2.30. The normalized spacial score (nSPS) is 12.1. The Kier molecular flexibility index (Phi) is 7.91. The summed E-state index contributed by atoms with van der Waals surface area (Å²) < 4.78 is 0. The van der Waals surface area contributed by atoms with E-state index in [2.05, 4.69) is 63.2 Å². The van der Waals surface area contributed by atoms with Gasteiger partial charge in [-0.25, -0.2) is 0 Å². The summed E-state index contributed by atoms with van der Waals surface area (Å²) >= 11 is 0. The Bertz CT molecular complexity index is 334. The van der Waals surface area contributed by atoms with Gasteiger partial charge < -0.3 is 4.90 Å². The first-order valence-electron chi connectivity index (χ1n) is 8.35. The predicted octanol–water partition coefficient (Wildman–Crippen LogP) is 5.26. The van der Waals surface area contributed by atoms with Crippen molar-refractivity contribution < 1.29 is 0 Å². The number of hydrogen-bond donors (Lipinski definition) is 0. The molecule has 114 valence electrons. The van der Waals surface area contributed by atoms with E-state index >= 15 is 0 Å². The number of rotatable bonds is 10. The average Bonchev–Trinajstić information content (AvgIpc) is 2.48. The first kappa shape index (κ1) is 17.2. The average molecular weight is 275 g/mol. The van der Waals surface area contributed by atoms with Crippen LogP contribution >= 0.6 is 0 Å². The fraction of sp³-hybridized carbons (Fsp3) is 0.684. The Labute approximate surface area is 126 Å². The summed E-state index contributed by atoms with van der Waals surface area (Å²) in [7, 11) is 4.38. The van der Waals surface area contributed by atoms with Crippen LogP contribution in [0.3, 0.4) is 0 Å². The van der Waals surface area contributed by atoms with E-state index in [9.17, 15) is 0 Å². The molecule has 0 radical (unpaired) electrons. The summed E-state index contributed by atoms with van der Waals surface area (Å²) in [5.41, 5.74) is 1.95. The van der Waals surface area contributed by atoms with Crippen molar-refractivity contribution in [2.45, 2.75) is 64.2 Å². The molecule has 0 spiro atoms. The van der Waals surface area contributed by atoms with Gasteiger partial charge in [0.2, 0.25) is 0 Å². The topological polar surface area (TPSA) is 3.24 Å².